The molecule has 17 heavy (non-hydrogen) atoms. The summed E-state index contributed by atoms with van der Waals surface area (Å²) >= 11 is 9.34. The Hall–Kier alpha value is -0.620. The van der Waals surface area contributed by atoms with Crippen LogP contribution in [0.1, 0.15) is 5.56 Å². The Balaban J connectivity index is 2.01. The van der Waals surface area contributed by atoms with Crippen molar-refractivity contribution in [1.82, 2.24) is 4.90 Å². The van der Waals surface area contributed by atoms with Crippen molar-refractivity contribution in [3.63, 3.8) is 0 Å². The molecule has 1 aromatic carbocycles. The van der Waals surface area contributed by atoms with E-state index in [1.54, 1.807) is 6.07 Å². The standard InChI is InChI=1S/C11H12BrClN2O2/c12-9-2-1-8(13)3-7(9)4-15-5-11(17,6-15)10(14)16/h1-3,17H,4-6H2,(H2,14,16). The molecule has 0 spiro atoms. The summed E-state index contributed by atoms with van der Waals surface area (Å²) in [6.07, 6.45) is 0. The summed E-state index contributed by atoms with van der Waals surface area (Å²) < 4.78 is 0.955. The van der Waals surface area contributed by atoms with Crippen LogP contribution in [0.3, 0.4) is 0 Å². The van der Waals surface area contributed by atoms with Crippen LogP contribution in [-0.4, -0.2) is 34.6 Å². The molecule has 0 unspecified atom stereocenters. The Morgan fingerprint density at radius 1 is 1.59 bits per heavy atom. The number of hydrogen-bond donors (Lipinski definition) is 2. The zero-order chi connectivity index (χ0) is 12.6. The Kier molecular flexibility index (Phi) is 3.45. The number of carbonyl (C=O) groups excluding carboxylic acids is 1. The number of primary amides is 1. The summed E-state index contributed by atoms with van der Waals surface area (Å²) in [4.78, 5) is 12.9. The van der Waals surface area contributed by atoms with Crippen LogP contribution in [0.5, 0.6) is 0 Å². The maximum Gasteiger partial charge on any atom is 0.252 e. The minimum absolute atomic E-state index is 0.265. The van der Waals surface area contributed by atoms with Crippen LogP contribution in [0, 0.1) is 0 Å². The van der Waals surface area contributed by atoms with Gasteiger partial charge in [0.15, 0.2) is 5.60 Å². The summed E-state index contributed by atoms with van der Waals surface area (Å²) in [6, 6.07) is 5.52. The third-order valence-electron chi connectivity index (χ3n) is 2.83. The van der Waals surface area contributed by atoms with Gasteiger partial charge in [0.05, 0.1) is 0 Å². The van der Waals surface area contributed by atoms with Gasteiger partial charge in [-0.3, -0.25) is 9.69 Å². The summed E-state index contributed by atoms with van der Waals surface area (Å²) in [7, 11) is 0. The number of carbonyl (C=O) groups is 1. The highest BCUT2D eigenvalue weighted by Crippen LogP contribution is 2.27. The third kappa shape index (κ3) is 2.63. The van der Waals surface area contributed by atoms with Gasteiger partial charge in [0.1, 0.15) is 0 Å². The van der Waals surface area contributed by atoms with E-state index >= 15 is 0 Å². The zero-order valence-electron chi connectivity index (χ0n) is 8.99. The number of nitrogens with zero attached hydrogens (tertiary/aromatic N) is 1. The van der Waals surface area contributed by atoms with Crippen LogP contribution in [0.25, 0.3) is 0 Å². The first-order valence-corrected chi connectivity index (χ1v) is 6.26. The molecule has 0 saturated carbocycles. The first-order valence-electron chi connectivity index (χ1n) is 5.09. The van der Waals surface area contributed by atoms with E-state index in [2.05, 4.69) is 15.9 Å². The van der Waals surface area contributed by atoms with E-state index < -0.39 is 11.5 Å². The Labute approximate surface area is 112 Å². The van der Waals surface area contributed by atoms with E-state index in [-0.39, 0.29) is 13.1 Å². The van der Waals surface area contributed by atoms with Crippen LogP contribution in [0.2, 0.25) is 5.02 Å². The average molecular weight is 320 g/mol. The van der Waals surface area contributed by atoms with Gasteiger partial charge in [-0.05, 0) is 23.8 Å². The fourth-order valence-corrected chi connectivity index (χ4v) is 2.43. The van der Waals surface area contributed by atoms with Gasteiger partial charge in [-0.2, -0.15) is 0 Å². The molecule has 1 aromatic rings. The molecule has 0 aliphatic carbocycles. The molecule has 92 valence electrons. The van der Waals surface area contributed by atoms with E-state index in [1.807, 2.05) is 17.0 Å². The van der Waals surface area contributed by atoms with Crippen LogP contribution in [0.15, 0.2) is 22.7 Å². The van der Waals surface area contributed by atoms with Crippen molar-refractivity contribution in [3.05, 3.63) is 33.3 Å². The lowest BCUT2D eigenvalue weighted by Gasteiger charge is -2.44. The number of likely N-dealkylation sites (tertiary alicyclic amines) is 1. The highest BCUT2D eigenvalue weighted by Gasteiger charge is 2.46. The lowest BCUT2D eigenvalue weighted by Crippen LogP contribution is -2.67. The second kappa shape index (κ2) is 4.57. The lowest BCUT2D eigenvalue weighted by atomic mass is 9.93. The third-order valence-corrected chi connectivity index (χ3v) is 3.84. The van der Waals surface area contributed by atoms with E-state index in [9.17, 15) is 9.90 Å². The quantitative estimate of drug-likeness (QED) is 0.878. The summed E-state index contributed by atoms with van der Waals surface area (Å²) in [5.41, 5.74) is 4.74. The minimum atomic E-state index is -1.37. The molecule has 1 aliphatic heterocycles. The van der Waals surface area contributed by atoms with Crippen LogP contribution in [0.4, 0.5) is 0 Å². The maximum atomic E-state index is 10.9. The highest BCUT2D eigenvalue weighted by atomic mass is 79.9. The number of nitrogens with two attached hydrogens (primary N) is 1. The number of rotatable bonds is 3. The first kappa shape index (κ1) is 12.8. The van der Waals surface area contributed by atoms with Crippen LogP contribution in [-0.2, 0) is 11.3 Å². The molecule has 1 fully saturated rings. The molecule has 0 bridgehead atoms. The Morgan fingerprint density at radius 3 is 2.82 bits per heavy atom. The van der Waals surface area contributed by atoms with E-state index in [1.165, 1.54) is 0 Å². The SMILES string of the molecule is NC(=O)C1(O)CN(Cc2cc(Cl)ccc2Br)C1. The number of β-amino-alcohol motifs (C(OH)–C–C–N with tert-alkyl or cyclic N) is 1. The topological polar surface area (TPSA) is 66.6 Å². The molecular weight excluding hydrogens is 307 g/mol. The van der Waals surface area contributed by atoms with Gasteiger partial charge < -0.3 is 10.8 Å². The van der Waals surface area contributed by atoms with Gasteiger partial charge in [0.25, 0.3) is 5.91 Å². The second-order valence-corrected chi connectivity index (χ2v) is 5.57. The number of halogens is 2. The fraction of sp³-hybridized carbons (Fsp3) is 0.364. The molecule has 1 aliphatic rings. The molecule has 6 heteroatoms. The van der Waals surface area contributed by atoms with E-state index in [0.29, 0.717) is 11.6 Å². The van der Waals surface area contributed by atoms with Gasteiger partial charge in [-0.1, -0.05) is 27.5 Å². The molecule has 1 amide bonds. The Bertz CT molecular complexity index is 461. The number of aliphatic hydroxyl groups is 1. The molecule has 2 rings (SSSR count). The first-order chi connectivity index (χ1) is 7.90. The molecule has 3 N–H and O–H groups in total. The lowest BCUT2D eigenvalue weighted by molar-refractivity contribution is -0.156. The van der Waals surface area contributed by atoms with E-state index in [4.69, 9.17) is 17.3 Å². The molecule has 0 radical (unpaired) electrons. The van der Waals surface area contributed by atoms with Gasteiger partial charge >= 0.3 is 0 Å². The largest absolute Gasteiger partial charge is 0.377 e. The number of hydrogen-bond acceptors (Lipinski definition) is 3. The van der Waals surface area contributed by atoms with Crippen LogP contribution < -0.4 is 5.73 Å². The number of amides is 1. The molecular formula is C11H12BrClN2O2. The second-order valence-electron chi connectivity index (χ2n) is 4.28. The smallest absolute Gasteiger partial charge is 0.252 e. The van der Waals surface area contributed by atoms with Gasteiger partial charge in [-0.15, -0.1) is 0 Å². The molecule has 1 saturated heterocycles. The molecule has 0 atom stereocenters. The molecule has 4 nitrogen and oxygen atoms in total. The van der Waals surface area contributed by atoms with Crippen molar-refractivity contribution in [3.8, 4) is 0 Å². The fourth-order valence-electron chi connectivity index (χ4n) is 1.87. The van der Waals surface area contributed by atoms with Crippen molar-refractivity contribution in [2.45, 2.75) is 12.1 Å². The van der Waals surface area contributed by atoms with Crippen molar-refractivity contribution < 1.29 is 9.90 Å². The minimum Gasteiger partial charge on any atom is -0.377 e. The van der Waals surface area contributed by atoms with E-state index in [0.717, 1.165) is 10.0 Å². The van der Waals surface area contributed by atoms with Crippen molar-refractivity contribution in [1.29, 1.82) is 0 Å². The summed E-state index contributed by atoms with van der Waals surface area (Å²) in [5.74, 6) is -0.668. The predicted molar refractivity (Wildman–Crippen MR) is 68.6 cm³/mol. The molecule has 0 aromatic heterocycles. The Morgan fingerprint density at radius 2 is 2.24 bits per heavy atom. The predicted octanol–water partition coefficient (Wildman–Crippen LogP) is 1.13. The van der Waals surface area contributed by atoms with Gasteiger partial charge in [-0.25, -0.2) is 0 Å². The monoisotopic (exact) mass is 318 g/mol. The normalized spacial score (nSPS) is 18.8. The van der Waals surface area contributed by atoms with Crippen molar-refractivity contribution >= 4 is 33.4 Å². The van der Waals surface area contributed by atoms with Gasteiger partial charge in [0.2, 0.25) is 0 Å². The number of benzene rings is 1. The van der Waals surface area contributed by atoms with Crippen molar-refractivity contribution in [2.75, 3.05) is 13.1 Å². The zero-order valence-corrected chi connectivity index (χ0v) is 11.3. The van der Waals surface area contributed by atoms with Gasteiger partial charge in [0, 0.05) is 29.1 Å². The maximum absolute atomic E-state index is 10.9. The summed E-state index contributed by atoms with van der Waals surface area (Å²) in [6.45, 7) is 1.15. The average Bonchev–Trinajstić information content (AvgIpc) is 2.20. The molecule has 1 heterocycles. The highest BCUT2D eigenvalue weighted by molar-refractivity contribution is 9.10. The van der Waals surface area contributed by atoms with Crippen molar-refractivity contribution in [2.24, 2.45) is 5.73 Å². The van der Waals surface area contributed by atoms with Crippen LogP contribution >= 0.6 is 27.5 Å². The summed E-state index contributed by atoms with van der Waals surface area (Å²) in [5, 5.41) is 10.4.